The summed E-state index contributed by atoms with van der Waals surface area (Å²) in [5.41, 5.74) is 0.158. The van der Waals surface area contributed by atoms with Gasteiger partial charge in [0.25, 0.3) is 0 Å². The minimum Gasteiger partial charge on any atom is -0.356 e. The summed E-state index contributed by atoms with van der Waals surface area (Å²) in [6.45, 7) is 4.43. The number of carbonyl (C=O) groups is 1. The summed E-state index contributed by atoms with van der Waals surface area (Å²) in [4.78, 5) is 15.6. The molecule has 4 nitrogen and oxygen atoms in total. The number of nitrogens with zero attached hydrogens (tertiary/aromatic N) is 2. The van der Waals surface area contributed by atoms with Gasteiger partial charge in [-0.15, -0.1) is 0 Å². The first-order valence-corrected chi connectivity index (χ1v) is 11.4. The lowest BCUT2D eigenvalue weighted by atomic mass is 9.71. The molecule has 27 heavy (non-hydrogen) atoms. The van der Waals surface area contributed by atoms with Gasteiger partial charge in [-0.1, -0.05) is 25.7 Å². The second-order valence-corrected chi connectivity index (χ2v) is 9.40. The highest BCUT2D eigenvalue weighted by atomic mass is 16.1. The van der Waals surface area contributed by atoms with Crippen LogP contribution in [0.5, 0.6) is 0 Å². The quantitative estimate of drug-likeness (QED) is 0.813. The fourth-order valence-electron chi connectivity index (χ4n) is 6.02. The van der Waals surface area contributed by atoms with E-state index in [0.717, 1.165) is 19.1 Å². The summed E-state index contributed by atoms with van der Waals surface area (Å²) < 4.78 is 2.28. The number of fused-ring (bicyclic) bond motifs is 1. The lowest BCUT2D eigenvalue weighted by molar-refractivity contribution is -0.124. The van der Waals surface area contributed by atoms with E-state index in [4.69, 9.17) is 0 Å². The number of hydrogen-bond donors (Lipinski definition) is 1. The van der Waals surface area contributed by atoms with Gasteiger partial charge in [0.2, 0.25) is 5.91 Å². The van der Waals surface area contributed by atoms with Crippen LogP contribution in [0.3, 0.4) is 0 Å². The summed E-state index contributed by atoms with van der Waals surface area (Å²) in [5.74, 6) is 0.951. The fourth-order valence-corrected chi connectivity index (χ4v) is 6.02. The number of aromatic nitrogens is 1. The molecule has 1 aliphatic carbocycles. The highest BCUT2D eigenvalue weighted by Crippen LogP contribution is 2.41. The molecule has 0 aromatic carbocycles. The van der Waals surface area contributed by atoms with Crippen LogP contribution in [0.15, 0.2) is 24.5 Å². The van der Waals surface area contributed by atoms with Gasteiger partial charge >= 0.3 is 0 Å². The van der Waals surface area contributed by atoms with Gasteiger partial charge < -0.3 is 14.8 Å². The second-order valence-electron chi connectivity index (χ2n) is 9.40. The summed E-state index contributed by atoms with van der Waals surface area (Å²) in [7, 11) is 0. The molecule has 4 heteroatoms. The fraction of sp³-hybridized carbons (Fsp3) is 0.783. The predicted molar refractivity (Wildman–Crippen MR) is 110 cm³/mol. The lowest BCUT2D eigenvalue weighted by Gasteiger charge is -2.44. The van der Waals surface area contributed by atoms with Crippen LogP contribution in [0, 0.1) is 11.3 Å². The minimum atomic E-state index is 0.158. The van der Waals surface area contributed by atoms with Gasteiger partial charge in [-0.25, -0.2) is 0 Å². The van der Waals surface area contributed by atoms with Crippen LogP contribution >= 0.6 is 0 Å². The molecule has 1 N–H and O–H groups in total. The highest BCUT2D eigenvalue weighted by molar-refractivity contribution is 5.76. The third-order valence-electron chi connectivity index (χ3n) is 7.42. The zero-order valence-corrected chi connectivity index (χ0v) is 16.9. The van der Waals surface area contributed by atoms with E-state index < -0.39 is 0 Å². The topological polar surface area (TPSA) is 37.3 Å². The summed E-state index contributed by atoms with van der Waals surface area (Å²) in [5, 5.41) is 3.36. The summed E-state index contributed by atoms with van der Waals surface area (Å²) >= 11 is 0. The third kappa shape index (κ3) is 4.77. The number of hydrogen-bond acceptors (Lipinski definition) is 2. The van der Waals surface area contributed by atoms with Gasteiger partial charge in [0.05, 0.1) is 0 Å². The molecule has 0 spiro atoms. The van der Waals surface area contributed by atoms with Crippen LogP contribution in [0.25, 0.3) is 0 Å². The molecule has 4 rings (SSSR count). The van der Waals surface area contributed by atoms with Crippen LogP contribution < -0.4 is 5.32 Å². The normalized spacial score (nSPS) is 28.4. The van der Waals surface area contributed by atoms with Crippen molar-refractivity contribution in [2.24, 2.45) is 11.3 Å². The van der Waals surface area contributed by atoms with Crippen LogP contribution in [-0.4, -0.2) is 41.1 Å². The molecule has 2 atom stereocenters. The molecular formula is C23H37N3O. The van der Waals surface area contributed by atoms with Crippen LogP contribution in [0.2, 0.25) is 0 Å². The highest BCUT2D eigenvalue weighted by Gasteiger charge is 2.36. The van der Waals surface area contributed by atoms with Crippen molar-refractivity contribution in [1.29, 1.82) is 0 Å². The molecule has 2 unspecified atom stereocenters. The average Bonchev–Trinajstić information content (AvgIpc) is 3.19. The maximum Gasteiger partial charge on any atom is 0.220 e. The zero-order valence-electron chi connectivity index (χ0n) is 16.9. The largest absolute Gasteiger partial charge is 0.356 e. The number of nitrogens with one attached hydrogen (secondary N) is 1. The molecule has 1 saturated carbocycles. The van der Waals surface area contributed by atoms with Crippen molar-refractivity contribution in [1.82, 2.24) is 14.8 Å². The molecule has 0 bridgehead atoms. The van der Waals surface area contributed by atoms with Crippen molar-refractivity contribution >= 4 is 5.91 Å². The Bertz CT molecular complexity index is 589. The first-order chi connectivity index (χ1) is 13.2. The first-order valence-electron chi connectivity index (χ1n) is 11.4. The van der Waals surface area contributed by atoms with Crippen molar-refractivity contribution < 1.29 is 4.79 Å². The van der Waals surface area contributed by atoms with Crippen molar-refractivity contribution in [3.05, 3.63) is 24.5 Å². The standard InChI is InChI=1S/C23H37N3O/c27-22(24-18-20-9-8-16-26-15-5-2-10-21(20)26)17-23(11-3-1-4-12-23)19-25-13-6-7-14-25/h6-7,13-14,20-21H,1-5,8-12,15-19H2,(H,24,27). The van der Waals surface area contributed by atoms with Gasteiger partial charge in [0.1, 0.15) is 0 Å². The van der Waals surface area contributed by atoms with E-state index in [-0.39, 0.29) is 11.3 Å². The Hall–Kier alpha value is -1.29. The Morgan fingerprint density at radius 2 is 1.74 bits per heavy atom. The molecule has 1 aromatic heterocycles. The summed E-state index contributed by atoms with van der Waals surface area (Å²) in [6.07, 6.45) is 17.9. The van der Waals surface area contributed by atoms with Crippen molar-refractivity contribution in [3.63, 3.8) is 0 Å². The molecular weight excluding hydrogens is 334 g/mol. The van der Waals surface area contributed by atoms with Crippen molar-refractivity contribution in [2.45, 2.75) is 83.2 Å². The summed E-state index contributed by atoms with van der Waals surface area (Å²) in [6, 6.07) is 4.90. The minimum absolute atomic E-state index is 0.158. The van der Waals surface area contributed by atoms with E-state index in [2.05, 4.69) is 39.3 Å². The Morgan fingerprint density at radius 3 is 2.56 bits per heavy atom. The molecule has 0 radical (unpaired) electrons. The number of piperidine rings is 2. The Morgan fingerprint density at radius 1 is 0.963 bits per heavy atom. The monoisotopic (exact) mass is 371 g/mol. The van der Waals surface area contributed by atoms with Gasteiger partial charge in [0.15, 0.2) is 0 Å². The van der Waals surface area contributed by atoms with E-state index in [1.54, 1.807) is 0 Å². The first kappa shape index (κ1) is 19.0. The van der Waals surface area contributed by atoms with E-state index in [1.807, 2.05) is 0 Å². The van der Waals surface area contributed by atoms with E-state index in [1.165, 1.54) is 77.3 Å². The number of amides is 1. The average molecular weight is 372 g/mol. The zero-order chi connectivity index (χ0) is 18.5. The molecule has 1 aromatic rings. The molecule has 1 amide bonds. The van der Waals surface area contributed by atoms with Gasteiger partial charge in [-0.2, -0.15) is 0 Å². The number of carbonyl (C=O) groups excluding carboxylic acids is 1. The third-order valence-corrected chi connectivity index (χ3v) is 7.42. The molecule has 3 heterocycles. The van der Waals surface area contributed by atoms with Gasteiger partial charge in [-0.3, -0.25) is 4.79 Å². The molecule has 2 aliphatic heterocycles. The Kier molecular flexibility index (Phi) is 6.21. The van der Waals surface area contributed by atoms with Crippen molar-refractivity contribution in [2.75, 3.05) is 19.6 Å². The maximum absolute atomic E-state index is 12.9. The Balaban J connectivity index is 1.32. The van der Waals surface area contributed by atoms with Gasteiger partial charge in [-0.05, 0) is 75.1 Å². The smallest absolute Gasteiger partial charge is 0.220 e. The van der Waals surface area contributed by atoms with Crippen LogP contribution in [-0.2, 0) is 11.3 Å². The second kappa shape index (κ2) is 8.81. The Labute approximate surface area is 164 Å². The maximum atomic E-state index is 12.9. The SMILES string of the molecule is O=C(CC1(Cn2cccc2)CCCCC1)NCC1CCCN2CCCCC12. The van der Waals surface area contributed by atoms with Crippen LogP contribution in [0.4, 0.5) is 0 Å². The predicted octanol–water partition coefficient (Wildman–Crippen LogP) is 4.21. The molecule has 3 fully saturated rings. The van der Waals surface area contributed by atoms with E-state index in [0.29, 0.717) is 12.3 Å². The lowest BCUT2D eigenvalue weighted by Crippen LogP contribution is -2.51. The van der Waals surface area contributed by atoms with E-state index >= 15 is 0 Å². The molecule has 3 aliphatic rings. The molecule has 150 valence electrons. The number of rotatable bonds is 6. The van der Waals surface area contributed by atoms with Crippen molar-refractivity contribution in [3.8, 4) is 0 Å². The molecule has 2 saturated heterocycles. The van der Waals surface area contributed by atoms with Gasteiger partial charge in [0, 0.05) is 37.9 Å². The van der Waals surface area contributed by atoms with E-state index in [9.17, 15) is 4.79 Å². The van der Waals surface area contributed by atoms with Crippen LogP contribution in [0.1, 0.15) is 70.6 Å².